The molecule has 0 spiro atoms. The lowest BCUT2D eigenvalue weighted by Gasteiger charge is -2.15. The third-order valence-electron chi connectivity index (χ3n) is 3.20. The summed E-state index contributed by atoms with van der Waals surface area (Å²) < 4.78 is 5.85. The zero-order chi connectivity index (χ0) is 12.3. The second-order valence-electron chi connectivity index (χ2n) is 4.17. The van der Waals surface area contributed by atoms with Crippen molar-refractivity contribution in [2.45, 2.75) is 0 Å². The van der Waals surface area contributed by atoms with Crippen LogP contribution in [0.15, 0.2) is 35.7 Å². The van der Waals surface area contributed by atoms with E-state index in [-0.39, 0.29) is 0 Å². The average molecular weight is 254 g/mol. The number of esters is 2. The minimum atomic E-state index is -0.561. The van der Waals surface area contributed by atoms with Gasteiger partial charge in [-0.25, -0.2) is 9.59 Å². The third kappa shape index (κ3) is 1.08. The Morgan fingerprint density at radius 2 is 1.83 bits per heavy atom. The molecule has 0 N–H and O–H groups in total. The van der Waals surface area contributed by atoms with Crippen molar-refractivity contribution in [3.8, 4) is 0 Å². The van der Waals surface area contributed by atoms with E-state index < -0.39 is 11.9 Å². The van der Waals surface area contributed by atoms with Gasteiger partial charge in [-0.2, -0.15) is 0 Å². The maximum atomic E-state index is 11.8. The number of cyclic esters (lactones) is 2. The van der Waals surface area contributed by atoms with Crippen molar-refractivity contribution in [3.05, 3.63) is 46.8 Å². The van der Waals surface area contributed by atoms with E-state index in [2.05, 4.69) is 0 Å². The zero-order valence-corrected chi connectivity index (χ0v) is 9.91. The van der Waals surface area contributed by atoms with E-state index in [0.29, 0.717) is 16.5 Å². The fraction of sp³-hybridized carbons (Fsp3) is 0. The fourth-order valence-electron chi connectivity index (χ4n) is 2.44. The number of hydrogen-bond donors (Lipinski definition) is 0. The summed E-state index contributed by atoms with van der Waals surface area (Å²) in [6, 6.07) is 9.21. The Balaban J connectivity index is 2.35. The zero-order valence-electron chi connectivity index (χ0n) is 9.10. The summed E-state index contributed by atoms with van der Waals surface area (Å²) in [4.78, 5) is 23.5. The molecule has 0 aliphatic carbocycles. The molecule has 0 fully saturated rings. The van der Waals surface area contributed by atoms with E-state index in [0.717, 1.165) is 15.5 Å². The fourth-order valence-corrected chi connectivity index (χ4v) is 3.35. The summed E-state index contributed by atoms with van der Waals surface area (Å²) >= 11 is 1.61. The van der Waals surface area contributed by atoms with Crippen LogP contribution in [0.4, 0.5) is 0 Å². The van der Waals surface area contributed by atoms with Gasteiger partial charge in [0.15, 0.2) is 0 Å². The highest BCUT2D eigenvalue weighted by Gasteiger charge is 2.28. The van der Waals surface area contributed by atoms with Crippen LogP contribution in [0.25, 0.3) is 20.9 Å². The molecule has 0 bridgehead atoms. The third-order valence-corrected chi connectivity index (χ3v) is 4.16. The molecule has 3 aromatic rings. The van der Waals surface area contributed by atoms with Gasteiger partial charge in [0.1, 0.15) is 0 Å². The van der Waals surface area contributed by atoms with Crippen molar-refractivity contribution in [1.82, 2.24) is 0 Å². The number of thiophene rings is 1. The van der Waals surface area contributed by atoms with Crippen molar-refractivity contribution in [2.24, 2.45) is 0 Å². The molecular formula is C14H6O3S. The van der Waals surface area contributed by atoms with E-state index in [4.69, 9.17) is 4.74 Å². The van der Waals surface area contributed by atoms with Gasteiger partial charge in [0.2, 0.25) is 0 Å². The monoisotopic (exact) mass is 254 g/mol. The number of hydrogen-bond acceptors (Lipinski definition) is 4. The van der Waals surface area contributed by atoms with Gasteiger partial charge < -0.3 is 4.74 Å². The van der Waals surface area contributed by atoms with Crippen LogP contribution in [-0.2, 0) is 4.74 Å². The van der Waals surface area contributed by atoms with Crippen LogP contribution in [0.5, 0.6) is 0 Å². The number of carbonyl (C=O) groups is 2. The van der Waals surface area contributed by atoms with Gasteiger partial charge in [0.25, 0.3) is 0 Å². The Morgan fingerprint density at radius 1 is 1.00 bits per heavy atom. The standard InChI is InChI=1S/C14H6O3S/c15-13-9-3-1-2-8-11(9)10(14(16)17-13)6-7-4-5-18-12(7)8/h1-6H. The molecule has 0 unspecified atom stereocenters. The van der Waals surface area contributed by atoms with Crippen molar-refractivity contribution >= 4 is 44.1 Å². The predicted octanol–water partition coefficient (Wildman–Crippen LogP) is 3.37. The topological polar surface area (TPSA) is 43.4 Å². The van der Waals surface area contributed by atoms with Gasteiger partial charge >= 0.3 is 11.9 Å². The Morgan fingerprint density at radius 3 is 2.72 bits per heavy atom. The smallest absolute Gasteiger partial charge is 0.346 e. The van der Waals surface area contributed by atoms with Crippen molar-refractivity contribution < 1.29 is 14.3 Å². The molecule has 3 nitrogen and oxygen atoms in total. The highest BCUT2D eigenvalue weighted by Crippen LogP contribution is 2.36. The Hall–Kier alpha value is -2.20. The Labute approximate surface area is 106 Å². The molecule has 18 heavy (non-hydrogen) atoms. The molecule has 0 atom stereocenters. The summed E-state index contributed by atoms with van der Waals surface area (Å²) in [6.45, 7) is 0. The van der Waals surface area contributed by atoms with Crippen molar-refractivity contribution in [3.63, 3.8) is 0 Å². The Bertz CT molecular complexity index is 845. The first kappa shape index (κ1) is 9.79. The highest BCUT2D eigenvalue weighted by molar-refractivity contribution is 7.18. The van der Waals surface area contributed by atoms with Crippen molar-refractivity contribution in [2.75, 3.05) is 0 Å². The number of fused-ring (bicyclic) bond motifs is 2. The minimum Gasteiger partial charge on any atom is -0.386 e. The lowest BCUT2D eigenvalue weighted by atomic mass is 9.96. The van der Waals surface area contributed by atoms with Crippen LogP contribution in [0.3, 0.4) is 0 Å². The van der Waals surface area contributed by atoms with Gasteiger partial charge in [-0.1, -0.05) is 12.1 Å². The maximum absolute atomic E-state index is 11.8. The number of rotatable bonds is 0. The van der Waals surface area contributed by atoms with Crippen LogP contribution in [0.2, 0.25) is 0 Å². The number of benzene rings is 2. The normalized spacial score (nSPS) is 14.2. The van der Waals surface area contributed by atoms with Crippen molar-refractivity contribution in [1.29, 1.82) is 0 Å². The molecule has 86 valence electrons. The van der Waals surface area contributed by atoms with Gasteiger partial charge in [0.05, 0.1) is 11.1 Å². The molecule has 0 saturated carbocycles. The largest absolute Gasteiger partial charge is 0.386 e. The first-order chi connectivity index (χ1) is 8.75. The quantitative estimate of drug-likeness (QED) is 0.456. The van der Waals surface area contributed by atoms with Crippen LogP contribution < -0.4 is 0 Å². The molecule has 0 saturated heterocycles. The lowest BCUT2D eigenvalue weighted by Crippen LogP contribution is -2.19. The SMILES string of the molecule is O=C1OC(=O)c2cc3ccsc3c3cccc1c23. The molecule has 1 aliphatic heterocycles. The van der Waals surface area contributed by atoms with Gasteiger partial charge in [0, 0.05) is 15.5 Å². The molecule has 1 aromatic heterocycles. The maximum Gasteiger partial charge on any atom is 0.346 e. The molecule has 2 heterocycles. The first-order valence-corrected chi connectivity index (χ1v) is 6.33. The number of ether oxygens (including phenoxy) is 1. The van der Waals surface area contributed by atoms with E-state index in [9.17, 15) is 9.59 Å². The lowest BCUT2D eigenvalue weighted by molar-refractivity contribution is 0.0391. The van der Waals surface area contributed by atoms with E-state index in [1.807, 2.05) is 23.6 Å². The van der Waals surface area contributed by atoms with Gasteiger partial charge in [-0.15, -0.1) is 11.3 Å². The molecule has 4 rings (SSSR count). The summed E-state index contributed by atoms with van der Waals surface area (Å²) in [5.41, 5.74) is 0.948. The summed E-state index contributed by atoms with van der Waals surface area (Å²) in [5.74, 6) is -1.12. The van der Waals surface area contributed by atoms with Gasteiger partial charge in [-0.3, -0.25) is 0 Å². The molecule has 4 heteroatoms. The highest BCUT2D eigenvalue weighted by atomic mass is 32.1. The molecule has 0 radical (unpaired) electrons. The minimum absolute atomic E-state index is 0.470. The average Bonchev–Trinajstić information content (AvgIpc) is 2.83. The summed E-state index contributed by atoms with van der Waals surface area (Å²) in [6.07, 6.45) is 0. The number of carbonyl (C=O) groups excluding carboxylic acids is 2. The molecule has 1 aliphatic rings. The molecule has 2 aromatic carbocycles. The Kier molecular flexibility index (Phi) is 1.73. The summed E-state index contributed by atoms with van der Waals surface area (Å²) in [5, 5.41) is 4.64. The van der Waals surface area contributed by atoms with E-state index in [1.54, 1.807) is 23.5 Å². The first-order valence-electron chi connectivity index (χ1n) is 5.45. The predicted molar refractivity (Wildman–Crippen MR) is 69.1 cm³/mol. The second kappa shape index (κ2) is 3.17. The van der Waals surface area contributed by atoms with Crippen LogP contribution in [-0.4, -0.2) is 11.9 Å². The van der Waals surface area contributed by atoms with Gasteiger partial charge in [-0.05, 0) is 29.0 Å². The summed E-state index contributed by atoms with van der Waals surface area (Å²) in [7, 11) is 0. The molecular weight excluding hydrogens is 248 g/mol. The second-order valence-corrected chi connectivity index (χ2v) is 5.08. The van der Waals surface area contributed by atoms with Crippen LogP contribution >= 0.6 is 11.3 Å². The van der Waals surface area contributed by atoms with E-state index in [1.165, 1.54) is 0 Å². The molecule has 0 amide bonds. The van der Waals surface area contributed by atoms with E-state index >= 15 is 0 Å². The van der Waals surface area contributed by atoms with Crippen LogP contribution in [0, 0.1) is 0 Å². The van der Waals surface area contributed by atoms with Crippen LogP contribution in [0.1, 0.15) is 20.7 Å².